The van der Waals surface area contributed by atoms with Gasteiger partial charge in [-0.1, -0.05) is 15.9 Å². The number of benzene rings is 1. The smallest absolute Gasteiger partial charge is 0.294 e. The highest BCUT2D eigenvalue weighted by Crippen LogP contribution is 2.17. The van der Waals surface area contributed by atoms with Gasteiger partial charge >= 0.3 is 0 Å². The van der Waals surface area contributed by atoms with Crippen LogP contribution in [0.3, 0.4) is 0 Å². The molecule has 2 nitrogen and oxygen atoms in total. The molecule has 6 heteroatoms. The Hall–Kier alpha value is -1.17. The Morgan fingerprint density at radius 1 is 1.31 bits per heavy atom. The lowest BCUT2D eigenvalue weighted by molar-refractivity contribution is -0.128. The van der Waals surface area contributed by atoms with E-state index in [1.807, 2.05) is 0 Å². The fourth-order valence-corrected chi connectivity index (χ4v) is 1.40. The summed E-state index contributed by atoms with van der Waals surface area (Å²) in [4.78, 5) is 21.9. The quantitative estimate of drug-likeness (QED) is 0.632. The average Bonchev–Trinajstić information content (AvgIpc) is 2.21. The van der Waals surface area contributed by atoms with E-state index >= 15 is 0 Å². The molecule has 0 aliphatic carbocycles. The Morgan fingerprint density at radius 3 is 2.50 bits per heavy atom. The van der Waals surface area contributed by atoms with E-state index in [1.54, 1.807) is 0 Å². The third-order valence-corrected chi connectivity index (χ3v) is 2.30. The van der Waals surface area contributed by atoms with Crippen molar-refractivity contribution in [2.75, 3.05) is 0 Å². The van der Waals surface area contributed by atoms with Crippen LogP contribution in [-0.4, -0.2) is 18.0 Å². The largest absolute Gasteiger partial charge is 0.296 e. The monoisotopic (exact) mass is 294 g/mol. The number of hydrogen-bond donors (Lipinski definition) is 0. The lowest BCUT2D eigenvalue weighted by Crippen LogP contribution is -2.16. The highest BCUT2D eigenvalue weighted by Gasteiger charge is 2.21. The number of hydrogen-bond acceptors (Lipinski definition) is 2. The predicted octanol–water partition coefficient (Wildman–Crippen LogP) is 3.00. The van der Waals surface area contributed by atoms with Crippen molar-refractivity contribution in [1.82, 2.24) is 0 Å². The zero-order valence-electron chi connectivity index (χ0n) is 7.84. The molecule has 0 saturated heterocycles. The lowest BCUT2D eigenvalue weighted by Gasteiger charge is -2.02. The lowest BCUT2D eigenvalue weighted by atomic mass is 10.1. The molecule has 16 heavy (non-hydrogen) atoms. The molecule has 0 unspecified atom stereocenters. The van der Waals surface area contributed by atoms with Crippen molar-refractivity contribution >= 4 is 27.5 Å². The normalized spacial score (nSPS) is 10.6. The highest BCUT2D eigenvalue weighted by atomic mass is 79.9. The van der Waals surface area contributed by atoms with Gasteiger partial charge < -0.3 is 0 Å². The number of rotatable bonds is 4. The Labute approximate surface area is 97.6 Å². The molecule has 0 spiro atoms. The first-order valence-electron chi connectivity index (χ1n) is 4.21. The molecule has 0 aromatic heterocycles. The molecule has 1 aromatic carbocycles. The summed E-state index contributed by atoms with van der Waals surface area (Å²) < 4.78 is 37.3. The Kier molecular flexibility index (Phi) is 4.23. The van der Waals surface area contributed by atoms with Crippen molar-refractivity contribution in [2.45, 2.75) is 12.8 Å². The zero-order valence-corrected chi connectivity index (χ0v) is 9.43. The van der Waals surface area contributed by atoms with Crippen LogP contribution in [0.1, 0.15) is 16.8 Å². The van der Waals surface area contributed by atoms with Crippen molar-refractivity contribution < 1.29 is 22.8 Å². The maximum Gasteiger partial charge on any atom is 0.296 e. The van der Waals surface area contributed by atoms with Crippen LogP contribution in [0.25, 0.3) is 0 Å². The summed E-state index contributed by atoms with van der Waals surface area (Å²) >= 11 is 3.01. The van der Waals surface area contributed by atoms with E-state index in [4.69, 9.17) is 0 Å². The molecule has 1 aromatic rings. The molecule has 0 heterocycles. The van der Waals surface area contributed by atoms with Crippen LogP contribution < -0.4 is 0 Å². The van der Waals surface area contributed by atoms with Gasteiger partial charge in [-0.25, -0.2) is 13.2 Å². The van der Waals surface area contributed by atoms with Crippen molar-refractivity contribution in [1.29, 1.82) is 0 Å². The Morgan fingerprint density at radius 2 is 1.94 bits per heavy atom. The van der Waals surface area contributed by atoms with Crippen LogP contribution >= 0.6 is 15.9 Å². The van der Waals surface area contributed by atoms with Crippen molar-refractivity contribution in [3.05, 3.63) is 34.1 Å². The van der Waals surface area contributed by atoms with E-state index in [0.29, 0.717) is 4.47 Å². The van der Waals surface area contributed by atoms with Gasteiger partial charge in [0.05, 0.1) is 12.0 Å². The molecule has 0 fully saturated rings. The van der Waals surface area contributed by atoms with Gasteiger partial charge in [0, 0.05) is 4.47 Å². The minimum atomic E-state index is -3.21. The molecule has 0 saturated carbocycles. The summed E-state index contributed by atoms with van der Waals surface area (Å²) in [5.41, 5.74) is -0.372. The summed E-state index contributed by atoms with van der Waals surface area (Å²) in [6.07, 6.45) is -4.20. The van der Waals surface area contributed by atoms with Crippen LogP contribution in [-0.2, 0) is 4.79 Å². The Bertz CT molecular complexity index is 432. The number of alkyl halides is 2. The van der Waals surface area contributed by atoms with Gasteiger partial charge in [-0.05, 0) is 18.2 Å². The highest BCUT2D eigenvalue weighted by molar-refractivity contribution is 9.10. The van der Waals surface area contributed by atoms with Gasteiger partial charge in [0.15, 0.2) is 5.78 Å². The van der Waals surface area contributed by atoms with Crippen molar-refractivity contribution in [3.63, 3.8) is 0 Å². The van der Waals surface area contributed by atoms with E-state index < -0.39 is 30.2 Å². The van der Waals surface area contributed by atoms with E-state index in [9.17, 15) is 22.8 Å². The number of Topliss-reactive ketones (excluding diaryl/α,β-unsaturated/α-hetero) is 2. The maximum atomic E-state index is 13.1. The van der Waals surface area contributed by atoms with Crippen LogP contribution in [0.15, 0.2) is 22.7 Å². The summed E-state index contributed by atoms with van der Waals surface area (Å²) in [5, 5.41) is 0. The van der Waals surface area contributed by atoms with E-state index in [2.05, 4.69) is 15.9 Å². The first-order chi connectivity index (χ1) is 7.41. The molecule has 0 aliphatic rings. The molecular weight excluding hydrogens is 289 g/mol. The number of carbonyl (C=O) groups is 2. The fourth-order valence-electron chi connectivity index (χ4n) is 1.04. The number of halogens is 4. The molecule has 0 aliphatic heterocycles. The molecule has 0 radical (unpaired) electrons. The van der Waals surface area contributed by atoms with Crippen LogP contribution in [0.4, 0.5) is 13.2 Å². The summed E-state index contributed by atoms with van der Waals surface area (Å²) in [6, 6.07) is 3.53. The second kappa shape index (κ2) is 5.25. The number of carbonyl (C=O) groups excluding carboxylic acids is 2. The summed E-state index contributed by atoms with van der Waals surface area (Å²) in [6.45, 7) is 0. The molecule has 0 atom stereocenters. The third kappa shape index (κ3) is 3.16. The second-order valence-electron chi connectivity index (χ2n) is 2.99. The minimum Gasteiger partial charge on any atom is -0.294 e. The van der Waals surface area contributed by atoms with Crippen LogP contribution in [0.2, 0.25) is 0 Å². The van der Waals surface area contributed by atoms with Gasteiger partial charge in [-0.15, -0.1) is 0 Å². The van der Waals surface area contributed by atoms with Crippen LogP contribution in [0, 0.1) is 5.82 Å². The first-order valence-corrected chi connectivity index (χ1v) is 5.00. The standard InChI is InChI=1S/C10H6BrF3O2/c11-5-1-2-7(12)6(3-5)8(15)4-9(16)10(13)14/h1-3,10H,4H2. The van der Waals surface area contributed by atoms with Gasteiger partial charge in [0.2, 0.25) is 5.78 Å². The Balaban J connectivity index is 2.88. The van der Waals surface area contributed by atoms with Gasteiger partial charge in [-0.2, -0.15) is 0 Å². The molecule has 86 valence electrons. The van der Waals surface area contributed by atoms with E-state index in [0.717, 1.165) is 12.1 Å². The second-order valence-corrected chi connectivity index (χ2v) is 3.91. The van der Waals surface area contributed by atoms with E-state index in [1.165, 1.54) is 6.07 Å². The topological polar surface area (TPSA) is 34.1 Å². The summed E-state index contributed by atoms with van der Waals surface area (Å²) in [7, 11) is 0. The molecule has 1 rings (SSSR count). The molecule has 0 amide bonds. The van der Waals surface area contributed by atoms with Gasteiger partial charge in [-0.3, -0.25) is 9.59 Å². The van der Waals surface area contributed by atoms with Gasteiger partial charge in [0.25, 0.3) is 6.43 Å². The van der Waals surface area contributed by atoms with Crippen LogP contribution in [0.5, 0.6) is 0 Å². The number of ketones is 2. The first kappa shape index (κ1) is 12.9. The molecule has 0 N–H and O–H groups in total. The van der Waals surface area contributed by atoms with E-state index in [-0.39, 0.29) is 5.56 Å². The third-order valence-electron chi connectivity index (χ3n) is 1.81. The zero-order chi connectivity index (χ0) is 12.3. The predicted molar refractivity (Wildman–Crippen MR) is 54.1 cm³/mol. The van der Waals surface area contributed by atoms with Crippen molar-refractivity contribution in [2.24, 2.45) is 0 Å². The SMILES string of the molecule is O=C(CC(=O)C(F)F)c1cc(Br)ccc1F. The molecule has 0 bridgehead atoms. The average molecular weight is 295 g/mol. The fraction of sp³-hybridized carbons (Fsp3) is 0.200. The minimum absolute atomic E-state index is 0.372. The maximum absolute atomic E-state index is 13.1. The van der Waals surface area contributed by atoms with Crippen molar-refractivity contribution in [3.8, 4) is 0 Å². The summed E-state index contributed by atoms with van der Waals surface area (Å²) in [5.74, 6) is -3.30. The van der Waals surface area contributed by atoms with Gasteiger partial charge in [0.1, 0.15) is 5.82 Å². The molecular formula is C10H6BrF3O2.